The summed E-state index contributed by atoms with van der Waals surface area (Å²) < 4.78 is 5.42. The van der Waals surface area contributed by atoms with Crippen molar-refractivity contribution in [2.24, 2.45) is 5.92 Å². The van der Waals surface area contributed by atoms with E-state index >= 15 is 0 Å². The topological polar surface area (TPSA) is 56.0 Å². The van der Waals surface area contributed by atoms with Crippen molar-refractivity contribution in [3.63, 3.8) is 0 Å². The summed E-state index contributed by atoms with van der Waals surface area (Å²) >= 11 is 0. The molecule has 1 atom stereocenters. The van der Waals surface area contributed by atoms with Crippen molar-refractivity contribution < 1.29 is 9.32 Å². The molecular formula is C21H22N2O2. The third-order valence-corrected chi connectivity index (χ3v) is 4.13. The minimum absolute atomic E-state index is 0.0145. The second-order valence-electron chi connectivity index (χ2n) is 6.69. The fourth-order valence-corrected chi connectivity index (χ4v) is 2.74. The van der Waals surface area contributed by atoms with Crippen LogP contribution in [0.15, 0.2) is 59.1 Å². The fourth-order valence-electron chi connectivity index (χ4n) is 2.74. The van der Waals surface area contributed by atoms with Crippen LogP contribution in [0.5, 0.6) is 0 Å². The zero-order valence-corrected chi connectivity index (χ0v) is 14.8. The first-order chi connectivity index (χ1) is 12.0. The van der Waals surface area contributed by atoms with Crippen molar-refractivity contribution in [1.82, 2.24) is 10.1 Å². The molecule has 0 aliphatic carbocycles. The molecule has 128 valence electrons. The molecule has 0 spiro atoms. The molecule has 0 aliphatic heterocycles. The fraction of sp³-hybridized carbons (Fsp3) is 0.286. The molecule has 1 unspecified atom stereocenters. The van der Waals surface area contributed by atoms with Crippen LogP contribution in [-0.2, 0) is 6.42 Å². The van der Waals surface area contributed by atoms with Crippen LogP contribution >= 0.6 is 0 Å². The van der Waals surface area contributed by atoms with Crippen LogP contribution in [0, 0.1) is 5.92 Å². The van der Waals surface area contributed by atoms with E-state index in [1.54, 1.807) is 0 Å². The van der Waals surface area contributed by atoms with Gasteiger partial charge in [0.2, 0.25) is 5.89 Å². The van der Waals surface area contributed by atoms with E-state index in [4.69, 9.17) is 4.52 Å². The van der Waals surface area contributed by atoms with E-state index in [-0.39, 0.29) is 11.7 Å². The van der Waals surface area contributed by atoms with E-state index in [9.17, 15) is 4.79 Å². The average molecular weight is 334 g/mol. The lowest BCUT2D eigenvalue weighted by Crippen LogP contribution is -2.04. The highest BCUT2D eigenvalue weighted by molar-refractivity contribution is 6.09. The quantitative estimate of drug-likeness (QED) is 0.616. The first kappa shape index (κ1) is 17.1. The molecule has 0 fully saturated rings. The summed E-state index contributed by atoms with van der Waals surface area (Å²) in [5.74, 6) is 1.75. The lowest BCUT2D eigenvalue weighted by molar-refractivity contribution is 0.103. The van der Waals surface area contributed by atoms with Crippen LogP contribution in [0.4, 0.5) is 0 Å². The number of nitrogens with zero attached hydrogens (tertiary/aromatic N) is 2. The molecule has 3 aromatic rings. The predicted molar refractivity (Wildman–Crippen MR) is 96.7 cm³/mol. The Morgan fingerprint density at radius 1 is 1.00 bits per heavy atom. The maximum absolute atomic E-state index is 12.6. The molecule has 1 heterocycles. The highest BCUT2D eigenvalue weighted by atomic mass is 16.5. The molecule has 25 heavy (non-hydrogen) atoms. The monoisotopic (exact) mass is 334 g/mol. The van der Waals surface area contributed by atoms with Crippen molar-refractivity contribution in [2.45, 2.75) is 33.1 Å². The van der Waals surface area contributed by atoms with Gasteiger partial charge in [-0.15, -0.1) is 0 Å². The Labute approximate surface area is 147 Å². The number of ketones is 1. The zero-order valence-electron chi connectivity index (χ0n) is 14.8. The summed E-state index contributed by atoms with van der Waals surface area (Å²) in [7, 11) is 0. The van der Waals surface area contributed by atoms with Gasteiger partial charge in [0.1, 0.15) is 0 Å². The first-order valence-electron chi connectivity index (χ1n) is 8.56. The average Bonchev–Trinajstić information content (AvgIpc) is 3.09. The van der Waals surface area contributed by atoms with Gasteiger partial charge in [0.25, 0.3) is 0 Å². The maximum Gasteiger partial charge on any atom is 0.233 e. The number of hydrogen-bond donors (Lipinski definition) is 0. The van der Waals surface area contributed by atoms with Gasteiger partial charge >= 0.3 is 0 Å². The van der Waals surface area contributed by atoms with Gasteiger partial charge in [-0.05, 0) is 24.5 Å². The minimum Gasteiger partial charge on any atom is -0.339 e. The molecule has 0 aliphatic rings. The van der Waals surface area contributed by atoms with Crippen molar-refractivity contribution in [1.29, 1.82) is 0 Å². The largest absolute Gasteiger partial charge is 0.339 e. The maximum atomic E-state index is 12.6. The van der Waals surface area contributed by atoms with Crippen molar-refractivity contribution in [3.05, 3.63) is 83.0 Å². The third kappa shape index (κ3) is 4.02. The molecule has 2 aromatic carbocycles. The molecule has 0 radical (unpaired) electrons. The van der Waals surface area contributed by atoms with E-state index in [0.717, 1.165) is 17.8 Å². The second kappa shape index (κ2) is 7.43. The molecular weight excluding hydrogens is 312 g/mol. The van der Waals surface area contributed by atoms with Gasteiger partial charge < -0.3 is 4.52 Å². The Bertz CT molecular complexity index is 853. The standard InChI is InChI=1S/C21H22N2O2/c1-14(2)12-19-22-21(25-23-19)15(3)17-10-7-11-18(13-17)20(24)16-8-5-4-6-9-16/h4-11,13-15H,12H2,1-3H3. The molecule has 0 saturated heterocycles. The summed E-state index contributed by atoms with van der Waals surface area (Å²) in [6, 6.07) is 16.9. The molecule has 1 aromatic heterocycles. The SMILES string of the molecule is CC(C)Cc1noc(C(C)c2cccc(C(=O)c3ccccc3)c2)n1. The van der Waals surface area contributed by atoms with Crippen LogP contribution in [0.2, 0.25) is 0 Å². The Morgan fingerprint density at radius 2 is 1.72 bits per heavy atom. The summed E-state index contributed by atoms with van der Waals surface area (Å²) in [5, 5.41) is 4.05. The second-order valence-corrected chi connectivity index (χ2v) is 6.69. The number of aromatic nitrogens is 2. The van der Waals surface area contributed by atoms with Gasteiger partial charge in [0, 0.05) is 17.5 Å². The van der Waals surface area contributed by atoms with Crippen LogP contribution in [0.1, 0.15) is 59.9 Å². The highest BCUT2D eigenvalue weighted by Gasteiger charge is 2.18. The van der Waals surface area contributed by atoms with Gasteiger partial charge in [-0.3, -0.25) is 4.79 Å². The van der Waals surface area contributed by atoms with Crippen molar-refractivity contribution in [3.8, 4) is 0 Å². The Hall–Kier alpha value is -2.75. The van der Waals surface area contributed by atoms with E-state index in [2.05, 4.69) is 24.0 Å². The van der Waals surface area contributed by atoms with Gasteiger partial charge in [-0.25, -0.2) is 0 Å². The predicted octanol–water partition coefficient (Wildman–Crippen LogP) is 4.65. The summed E-state index contributed by atoms with van der Waals surface area (Å²) in [6.07, 6.45) is 0.794. The van der Waals surface area contributed by atoms with E-state index in [1.807, 2.05) is 61.5 Å². The Kier molecular flexibility index (Phi) is 5.08. The Morgan fingerprint density at radius 3 is 2.44 bits per heavy atom. The summed E-state index contributed by atoms with van der Waals surface area (Å²) in [4.78, 5) is 17.1. The number of hydrogen-bond acceptors (Lipinski definition) is 4. The van der Waals surface area contributed by atoms with E-state index in [0.29, 0.717) is 22.9 Å². The molecule has 4 heteroatoms. The molecule has 4 nitrogen and oxygen atoms in total. The van der Waals surface area contributed by atoms with Crippen LogP contribution in [0.3, 0.4) is 0 Å². The van der Waals surface area contributed by atoms with Crippen LogP contribution in [0.25, 0.3) is 0 Å². The van der Waals surface area contributed by atoms with E-state index < -0.39 is 0 Å². The lowest BCUT2D eigenvalue weighted by atomic mass is 9.95. The molecule has 0 N–H and O–H groups in total. The van der Waals surface area contributed by atoms with E-state index in [1.165, 1.54) is 0 Å². The molecule has 0 saturated carbocycles. The zero-order chi connectivity index (χ0) is 17.8. The summed E-state index contributed by atoms with van der Waals surface area (Å²) in [6.45, 7) is 6.26. The van der Waals surface area contributed by atoms with Gasteiger partial charge in [-0.2, -0.15) is 4.98 Å². The number of benzene rings is 2. The van der Waals surface area contributed by atoms with Gasteiger partial charge in [0.15, 0.2) is 11.6 Å². The van der Waals surface area contributed by atoms with Crippen molar-refractivity contribution >= 4 is 5.78 Å². The minimum atomic E-state index is -0.0584. The number of rotatable bonds is 6. The van der Waals surface area contributed by atoms with Crippen LogP contribution in [-0.4, -0.2) is 15.9 Å². The van der Waals surface area contributed by atoms with Crippen LogP contribution < -0.4 is 0 Å². The lowest BCUT2D eigenvalue weighted by Gasteiger charge is -2.09. The van der Waals surface area contributed by atoms with Crippen molar-refractivity contribution in [2.75, 3.05) is 0 Å². The highest BCUT2D eigenvalue weighted by Crippen LogP contribution is 2.24. The normalized spacial score (nSPS) is 12.3. The molecule has 0 bridgehead atoms. The van der Waals surface area contributed by atoms with Gasteiger partial charge in [0.05, 0.1) is 5.92 Å². The molecule has 3 rings (SSSR count). The Balaban J connectivity index is 1.83. The number of carbonyl (C=O) groups is 1. The summed E-state index contributed by atoms with van der Waals surface area (Å²) in [5.41, 5.74) is 2.34. The smallest absolute Gasteiger partial charge is 0.233 e. The first-order valence-corrected chi connectivity index (χ1v) is 8.56. The van der Waals surface area contributed by atoms with Gasteiger partial charge in [-0.1, -0.05) is 67.5 Å². The molecule has 0 amide bonds. The number of carbonyl (C=O) groups excluding carboxylic acids is 1. The third-order valence-electron chi connectivity index (χ3n) is 4.13.